The van der Waals surface area contributed by atoms with Gasteiger partial charge in [-0.05, 0) is 25.0 Å². The maximum Gasteiger partial charge on any atom is 0.276 e. The first-order valence-corrected chi connectivity index (χ1v) is 6.63. The van der Waals surface area contributed by atoms with Gasteiger partial charge in [-0.25, -0.2) is 13.8 Å². The van der Waals surface area contributed by atoms with Crippen LogP contribution in [0.15, 0.2) is 18.3 Å². The average Bonchev–Trinajstić information content (AvgIpc) is 2.91. The Kier molecular flexibility index (Phi) is 3.32. The van der Waals surface area contributed by atoms with Crippen molar-refractivity contribution >= 4 is 17.5 Å². The number of benzene rings is 1. The van der Waals surface area contributed by atoms with Crippen LogP contribution in [0.4, 0.5) is 20.4 Å². The van der Waals surface area contributed by atoms with Gasteiger partial charge in [0.15, 0.2) is 5.82 Å². The van der Waals surface area contributed by atoms with Gasteiger partial charge in [-0.1, -0.05) is 6.07 Å². The number of halogens is 2. The summed E-state index contributed by atoms with van der Waals surface area (Å²) in [5.74, 6) is -1.63. The molecule has 5 nitrogen and oxygen atoms in total. The number of nitrogens with one attached hydrogen (secondary N) is 2. The standard InChI is InChI=1S/C14H14F2N4O/c1-8-3-4-9(15)12(11(8)16)19-13(21)10-7-20-6-2-5-17-14(20)18-10/h3-4,7H,2,5-6H2,1H3,(H,17,18)(H,19,21). The van der Waals surface area contributed by atoms with E-state index in [0.29, 0.717) is 5.95 Å². The number of nitrogens with zero attached hydrogens (tertiary/aromatic N) is 2. The van der Waals surface area contributed by atoms with Crippen LogP contribution in [0.5, 0.6) is 0 Å². The lowest BCUT2D eigenvalue weighted by atomic mass is 10.2. The van der Waals surface area contributed by atoms with Crippen LogP contribution in [0.3, 0.4) is 0 Å². The number of fused-ring (bicyclic) bond motifs is 1. The van der Waals surface area contributed by atoms with Gasteiger partial charge in [0, 0.05) is 19.3 Å². The maximum atomic E-state index is 13.9. The largest absolute Gasteiger partial charge is 0.356 e. The zero-order chi connectivity index (χ0) is 15.0. The van der Waals surface area contributed by atoms with Crippen molar-refractivity contribution in [3.63, 3.8) is 0 Å². The molecule has 0 aliphatic carbocycles. The van der Waals surface area contributed by atoms with E-state index < -0.39 is 23.2 Å². The molecule has 0 bridgehead atoms. The maximum absolute atomic E-state index is 13.9. The van der Waals surface area contributed by atoms with Gasteiger partial charge < -0.3 is 15.2 Å². The summed E-state index contributed by atoms with van der Waals surface area (Å²) in [4.78, 5) is 16.2. The van der Waals surface area contributed by atoms with Gasteiger partial charge in [-0.2, -0.15) is 0 Å². The Morgan fingerprint density at radius 3 is 3.00 bits per heavy atom. The van der Waals surface area contributed by atoms with Gasteiger partial charge in [-0.15, -0.1) is 0 Å². The van der Waals surface area contributed by atoms with E-state index in [1.807, 2.05) is 0 Å². The summed E-state index contributed by atoms with van der Waals surface area (Å²) >= 11 is 0. The summed E-state index contributed by atoms with van der Waals surface area (Å²) in [6.45, 7) is 3.05. The first kappa shape index (κ1) is 13.5. The summed E-state index contributed by atoms with van der Waals surface area (Å²) in [6, 6.07) is 2.44. The SMILES string of the molecule is Cc1ccc(F)c(NC(=O)c2cn3c(n2)NCCC3)c1F. The minimum Gasteiger partial charge on any atom is -0.356 e. The number of amides is 1. The molecule has 0 spiro atoms. The second-order valence-electron chi connectivity index (χ2n) is 4.93. The molecule has 0 saturated heterocycles. The van der Waals surface area contributed by atoms with Crippen molar-refractivity contribution in [2.45, 2.75) is 19.9 Å². The van der Waals surface area contributed by atoms with Crippen molar-refractivity contribution in [1.29, 1.82) is 0 Å². The molecule has 1 amide bonds. The fourth-order valence-corrected chi connectivity index (χ4v) is 2.24. The van der Waals surface area contributed by atoms with Gasteiger partial charge in [-0.3, -0.25) is 4.79 Å². The molecular formula is C14H14F2N4O. The Hall–Kier alpha value is -2.44. The van der Waals surface area contributed by atoms with E-state index in [-0.39, 0.29) is 11.3 Å². The van der Waals surface area contributed by atoms with Crippen LogP contribution < -0.4 is 10.6 Å². The fourth-order valence-electron chi connectivity index (χ4n) is 2.24. The number of aromatic nitrogens is 2. The highest BCUT2D eigenvalue weighted by atomic mass is 19.1. The third-order valence-corrected chi connectivity index (χ3v) is 3.39. The first-order chi connectivity index (χ1) is 10.1. The molecule has 1 aliphatic rings. The quantitative estimate of drug-likeness (QED) is 0.894. The molecule has 0 atom stereocenters. The summed E-state index contributed by atoms with van der Waals surface area (Å²) in [7, 11) is 0. The zero-order valence-electron chi connectivity index (χ0n) is 11.4. The van der Waals surface area contributed by atoms with Crippen LogP contribution in [0, 0.1) is 18.6 Å². The first-order valence-electron chi connectivity index (χ1n) is 6.63. The number of carbonyl (C=O) groups is 1. The second-order valence-corrected chi connectivity index (χ2v) is 4.93. The molecule has 110 valence electrons. The molecule has 1 aromatic heterocycles. The van der Waals surface area contributed by atoms with Crippen molar-refractivity contribution in [2.24, 2.45) is 0 Å². The lowest BCUT2D eigenvalue weighted by Gasteiger charge is -2.14. The molecule has 7 heteroatoms. The number of imidazole rings is 1. The molecule has 0 radical (unpaired) electrons. The van der Waals surface area contributed by atoms with Crippen LogP contribution in [0.25, 0.3) is 0 Å². The predicted molar refractivity (Wildman–Crippen MR) is 74.4 cm³/mol. The number of anilines is 2. The molecule has 2 aromatic rings. The van der Waals surface area contributed by atoms with Gasteiger partial charge in [0.25, 0.3) is 5.91 Å². The van der Waals surface area contributed by atoms with Gasteiger partial charge in [0.2, 0.25) is 5.95 Å². The Labute approximate surface area is 120 Å². The van der Waals surface area contributed by atoms with Crippen LogP contribution >= 0.6 is 0 Å². The number of carbonyl (C=O) groups excluding carboxylic acids is 1. The Morgan fingerprint density at radius 2 is 2.24 bits per heavy atom. The second kappa shape index (κ2) is 5.16. The minimum atomic E-state index is -0.812. The lowest BCUT2D eigenvalue weighted by Crippen LogP contribution is -2.16. The van der Waals surface area contributed by atoms with Crippen molar-refractivity contribution in [1.82, 2.24) is 9.55 Å². The van der Waals surface area contributed by atoms with E-state index in [0.717, 1.165) is 25.6 Å². The summed E-state index contributed by atoms with van der Waals surface area (Å²) < 4.78 is 29.3. The Balaban J connectivity index is 1.87. The van der Waals surface area contributed by atoms with Crippen LogP contribution in [-0.2, 0) is 6.54 Å². The number of hydrogen-bond acceptors (Lipinski definition) is 3. The van der Waals surface area contributed by atoms with Crippen molar-refractivity contribution in [2.75, 3.05) is 17.2 Å². The molecule has 0 fully saturated rings. The van der Waals surface area contributed by atoms with Crippen LogP contribution in [-0.4, -0.2) is 22.0 Å². The highest BCUT2D eigenvalue weighted by molar-refractivity contribution is 6.03. The van der Waals surface area contributed by atoms with Crippen molar-refractivity contribution < 1.29 is 13.6 Å². The summed E-state index contributed by atoms with van der Waals surface area (Å²) in [6.07, 6.45) is 2.51. The van der Waals surface area contributed by atoms with E-state index in [1.54, 1.807) is 10.8 Å². The van der Waals surface area contributed by atoms with E-state index in [1.165, 1.54) is 13.0 Å². The highest BCUT2D eigenvalue weighted by Gasteiger charge is 2.19. The molecule has 0 saturated carbocycles. The van der Waals surface area contributed by atoms with Crippen LogP contribution in [0.2, 0.25) is 0 Å². The number of hydrogen-bond donors (Lipinski definition) is 2. The van der Waals surface area contributed by atoms with Gasteiger partial charge in [0.05, 0.1) is 0 Å². The molecule has 2 heterocycles. The lowest BCUT2D eigenvalue weighted by molar-refractivity contribution is 0.102. The molecule has 1 aromatic carbocycles. The molecule has 21 heavy (non-hydrogen) atoms. The van der Waals surface area contributed by atoms with E-state index in [4.69, 9.17) is 0 Å². The molecule has 0 unspecified atom stereocenters. The van der Waals surface area contributed by atoms with Gasteiger partial charge in [0.1, 0.15) is 17.2 Å². The third-order valence-electron chi connectivity index (χ3n) is 3.39. The fraction of sp³-hybridized carbons (Fsp3) is 0.286. The number of aryl methyl sites for hydroxylation is 2. The highest BCUT2D eigenvalue weighted by Crippen LogP contribution is 2.23. The normalized spacial score (nSPS) is 13.5. The molecular weight excluding hydrogens is 278 g/mol. The monoisotopic (exact) mass is 292 g/mol. The van der Waals surface area contributed by atoms with E-state index in [9.17, 15) is 13.6 Å². The van der Waals surface area contributed by atoms with Crippen LogP contribution in [0.1, 0.15) is 22.5 Å². The third kappa shape index (κ3) is 2.46. The molecule has 1 aliphatic heterocycles. The Morgan fingerprint density at radius 1 is 1.43 bits per heavy atom. The minimum absolute atomic E-state index is 0.125. The van der Waals surface area contributed by atoms with Crippen molar-refractivity contribution in [3.05, 3.63) is 41.2 Å². The average molecular weight is 292 g/mol. The Bertz CT molecular complexity index is 688. The van der Waals surface area contributed by atoms with E-state index in [2.05, 4.69) is 15.6 Å². The van der Waals surface area contributed by atoms with E-state index >= 15 is 0 Å². The topological polar surface area (TPSA) is 59.0 Å². The smallest absolute Gasteiger partial charge is 0.276 e. The van der Waals surface area contributed by atoms with Gasteiger partial charge >= 0.3 is 0 Å². The van der Waals surface area contributed by atoms with Crippen molar-refractivity contribution in [3.8, 4) is 0 Å². The predicted octanol–water partition coefficient (Wildman–Crippen LogP) is 2.54. The summed E-state index contributed by atoms with van der Waals surface area (Å²) in [5.41, 5.74) is -0.0591. The molecule has 3 rings (SSSR count). The summed E-state index contributed by atoms with van der Waals surface area (Å²) in [5, 5.41) is 5.31. The number of rotatable bonds is 2. The zero-order valence-corrected chi connectivity index (χ0v) is 11.4. The molecule has 2 N–H and O–H groups in total.